The largest absolute Gasteiger partial charge is 0.296 e. The van der Waals surface area contributed by atoms with Gasteiger partial charge in [0.05, 0.1) is 10.6 Å². The van der Waals surface area contributed by atoms with E-state index in [9.17, 15) is 8.42 Å². The first-order valence-electron chi connectivity index (χ1n) is 8.16. The van der Waals surface area contributed by atoms with Crippen LogP contribution in [0.4, 0.5) is 0 Å². The summed E-state index contributed by atoms with van der Waals surface area (Å²) < 4.78 is 28.2. The molecule has 1 saturated heterocycles. The van der Waals surface area contributed by atoms with Crippen LogP contribution in [0.2, 0.25) is 0 Å². The zero-order valence-corrected chi connectivity index (χ0v) is 15.7. The van der Waals surface area contributed by atoms with Crippen LogP contribution < -0.4 is 4.72 Å². The molecule has 24 heavy (non-hydrogen) atoms. The second-order valence-electron chi connectivity index (χ2n) is 6.29. The molecule has 2 aromatic rings. The molecular weight excluding hydrogens is 342 g/mol. The smallest absolute Gasteiger partial charge is 0.241 e. The Morgan fingerprint density at radius 2 is 2.21 bits per heavy atom. The minimum absolute atomic E-state index is 0.0490. The number of pyridine rings is 1. The molecule has 1 N–H and O–H groups in total. The van der Waals surface area contributed by atoms with Gasteiger partial charge >= 0.3 is 0 Å². The number of thiophene rings is 1. The minimum Gasteiger partial charge on any atom is -0.296 e. The van der Waals surface area contributed by atoms with Gasteiger partial charge in [0.2, 0.25) is 10.0 Å². The molecule has 0 bridgehead atoms. The molecule has 1 aliphatic heterocycles. The molecule has 0 unspecified atom stereocenters. The first kappa shape index (κ1) is 17.5. The highest BCUT2D eigenvalue weighted by atomic mass is 32.2. The summed E-state index contributed by atoms with van der Waals surface area (Å²) in [6.45, 7) is 6.26. The van der Waals surface area contributed by atoms with Gasteiger partial charge in [0.15, 0.2) is 0 Å². The predicted octanol–water partition coefficient (Wildman–Crippen LogP) is 2.70. The molecule has 3 heterocycles. The monoisotopic (exact) mass is 365 g/mol. The van der Waals surface area contributed by atoms with Crippen molar-refractivity contribution in [3.63, 3.8) is 0 Å². The van der Waals surface area contributed by atoms with Crippen LogP contribution in [0.15, 0.2) is 35.4 Å². The number of likely N-dealkylation sites (tertiary alicyclic amines) is 1. The Labute approximate surface area is 147 Å². The van der Waals surface area contributed by atoms with Gasteiger partial charge < -0.3 is 0 Å². The van der Waals surface area contributed by atoms with Gasteiger partial charge in [0.25, 0.3) is 0 Å². The van der Waals surface area contributed by atoms with Gasteiger partial charge in [-0.25, -0.2) is 13.1 Å². The summed E-state index contributed by atoms with van der Waals surface area (Å²) in [4.78, 5) is 8.92. The lowest BCUT2D eigenvalue weighted by atomic mass is 10.1. The fourth-order valence-electron chi connectivity index (χ4n) is 3.17. The Morgan fingerprint density at radius 3 is 2.88 bits per heavy atom. The lowest BCUT2D eigenvalue weighted by molar-refractivity contribution is 0.192. The van der Waals surface area contributed by atoms with Gasteiger partial charge in [-0.15, -0.1) is 11.3 Å². The zero-order valence-electron chi connectivity index (χ0n) is 14.0. The van der Waals surface area contributed by atoms with Crippen LogP contribution in [0.25, 0.3) is 0 Å². The lowest BCUT2D eigenvalue weighted by Crippen LogP contribution is -2.47. The van der Waals surface area contributed by atoms with Crippen LogP contribution in [-0.2, 0) is 16.6 Å². The highest BCUT2D eigenvalue weighted by Crippen LogP contribution is 2.25. The van der Waals surface area contributed by atoms with E-state index in [4.69, 9.17) is 0 Å². The van der Waals surface area contributed by atoms with E-state index in [-0.39, 0.29) is 6.04 Å². The number of rotatable bonds is 5. The SMILES string of the molecule is Cc1cc(S(=O)(=O)N[C@H]2CCCN(Cc3ccccn3)C2)c(C)s1. The molecule has 2 aromatic heterocycles. The summed E-state index contributed by atoms with van der Waals surface area (Å²) in [5.74, 6) is 0. The minimum atomic E-state index is -3.45. The Kier molecular flexibility index (Phi) is 5.34. The standard InChI is InChI=1S/C17H23N3O2S2/c1-13-10-17(14(2)23-13)24(21,22)19-16-7-5-9-20(12-16)11-15-6-3-4-8-18-15/h3-4,6,8,10,16,19H,5,7,9,11-12H2,1-2H3/t16-/m0/s1. The second kappa shape index (κ2) is 7.31. The quantitative estimate of drug-likeness (QED) is 0.885. The summed E-state index contributed by atoms with van der Waals surface area (Å²) in [5.41, 5.74) is 1.02. The van der Waals surface area contributed by atoms with Gasteiger partial charge in [-0.2, -0.15) is 0 Å². The summed E-state index contributed by atoms with van der Waals surface area (Å²) in [5, 5.41) is 0. The third-order valence-electron chi connectivity index (χ3n) is 4.22. The molecule has 1 fully saturated rings. The maximum Gasteiger partial charge on any atom is 0.241 e. The third kappa shape index (κ3) is 4.22. The Bertz CT molecular complexity index is 787. The van der Waals surface area contributed by atoms with Crippen molar-refractivity contribution in [3.8, 4) is 0 Å². The van der Waals surface area contributed by atoms with Crippen molar-refractivity contribution in [1.29, 1.82) is 0 Å². The van der Waals surface area contributed by atoms with Gasteiger partial charge in [-0.1, -0.05) is 6.07 Å². The number of aryl methyl sites for hydroxylation is 2. The van der Waals surface area contributed by atoms with E-state index < -0.39 is 10.0 Å². The molecule has 0 spiro atoms. The Hall–Kier alpha value is -1.28. The molecule has 3 rings (SSSR count). The van der Waals surface area contributed by atoms with E-state index in [0.29, 0.717) is 4.90 Å². The molecule has 5 nitrogen and oxygen atoms in total. The highest BCUT2D eigenvalue weighted by Gasteiger charge is 2.27. The van der Waals surface area contributed by atoms with E-state index in [1.807, 2.05) is 32.0 Å². The summed E-state index contributed by atoms with van der Waals surface area (Å²) in [6.07, 6.45) is 3.66. The molecule has 1 aliphatic rings. The van der Waals surface area contributed by atoms with Crippen LogP contribution >= 0.6 is 11.3 Å². The van der Waals surface area contributed by atoms with Crippen molar-refractivity contribution in [1.82, 2.24) is 14.6 Å². The molecule has 130 valence electrons. The average molecular weight is 366 g/mol. The fourth-order valence-corrected chi connectivity index (χ4v) is 5.99. The van der Waals surface area contributed by atoms with E-state index in [0.717, 1.165) is 47.9 Å². The Balaban J connectivity index is 1.66. The van der Waals surface area contributed by atoms with Gasteiger partial charge in [0, 0.05) is 35.1 Å². The van der Waals surface area contributed by atoms with Crippen molar-refractivity contribution in [2.75, 3.05) is 13.1 Å². The maximum absolute atomic E-state index is 12.7. The molecule has 0 aliphatic carbocycles. The summed E-state index contributed by atoms with van der Waals surface area (Å²) in [6, 6.07) is 7.60. The van der Waals surface area contributed by atoms with E-state index >= 15 is 0 Å². The van der Waals surface area contributed by atoms with Crippen molar-refractivity contribution in [3.05, 3.63) is 45.9 Å². The van der Waals surface area contributed by atoms with Crippen molar-refractivity contribution < 1.29 is 8.42 Å². The van der Waals surface area contributed by atoms with Crippen LogP contribution in [0.1, 0.15) is 28.3 Å². The highest BCUT2D eigenvalue weighted by molar-refractivity contribution is 7.89. The maximum atomic E-state index is 12.7. The van der Waals surface area contributed by atoms with Crippen LogP contribution in [0, 0.1) is 13.8 Å². The van der Waals surface area contributed by atoms with E-state index in [1.165, 1.54) is 11.3 Å². The fraction of sp³-hybridized carbons (Fsp3) is 0.471. The van der Waals surface area contributed by atoms with E-state index in [1.54, 1.807) is 12.3 Å². The number of hydrogen-bond acceptors (Lipinski definition) is 5. The number of piperidine rings is 1. The normalized spacial score (nSPS) is 19.5. The van der Waals surface area contributed by atoms with Gasteiger partial charge in [-0.3, -0.25) is 9.88 Å². The number of nitrogens with zero attached hydrogens (tertiary/aromatic N) is 2. The number of hydrogen-bond donors (Lipinski definition) is 1. The summed E-state index contributed by atoms with van der Waals surface area (Å²) >= 11 is 1.52. The van der Waals surface area contributed by atoms with Crippen molar-refractivity contribution >= 4 is 21.4 Å². The lowest BCUT2D eigenvalue weighted by Gasteiger charge is -2.32. The number of nitrogens with one attached hydrogen (secondary N) is 1. The Morgan fingerprint density at radius 1 is 1.38 bits per heavy atom. The van der Waals surface area contributed by atoms with Crippen LogP contribution in [-0.4, -0.2) is 37.4 Å². The van der Waals surface area contributed by atoms with E-state index in [2.05, 4.69) is 14.6 Å². The number of aromatic nitrogens is 1. The molecule has 1 atom stereocenters. The molecule has 0 aromatic carbocycles. The van der Waals surface area contributed by atoms with Gasteiger partial charge in [0.1, 0.15) is 0 Å². The molecular formula is C17H23N3O2S2. The topological polar surface area (TPSA) is 62.3 Å². The molecule has 0 radical (unpaired) electrons. The number of sulfonamides is 1. The third-order valence-corrected chi connectivity index (χ3v) is 6.97. The molecule has 7 heteroatoms. The first-order chi connectivity index (χ1) is 11.4. The summed E-state index contributed by atoms with van der Waals surface area (Å²) in [7, 11) is -3.45. The van der Waals surface area contributed by atoms with Crippen molar-refractivity contribution in [2.24, 2.45) is 0 Å². The zero-order chi connectivity index (χ0) is 17.2. The second-order valence-corrected chi connectivity index (χ2v) is 9.44. The van der Waals surface area contributed by atoms with Crippen molar-refractivity contribution in [2.45, 2.75) is 44.2 Å². The first-order valence-corrected chi connectivity index (χ1v) is 10.5. The molecule has 0 saturated carbocycles. The van der Waals surface area contributed by atoms with Crippen LogP contribution in [0.3, 0.4) is 0 Å². The van der Waals surface area contributed by atoms with Gasteiger partial charge in [-0.05, 0) is 51.4 Å². The predicted molar refractivity (Wildman–Crippen MR) is 96.7 cm³/mol. The molecule has 0 amide bonds. The van der Waals surface area contributed by atoms with Crippen LogP contribution in [0.5, 0.6) is 0 Å². The average Bonchev–Trinajstić information content (AvgIpc) is 2.88.